The van der Waals surface area contributed by atoms with E-state index in [1.54, 1.807) is 18.3 Å². The lowest BCUT2D eigenvalue weighted by atomic mass is 10.1. The van der Waals surface area contributed by atoms with Crippen LogP contribution in [0.25, 0.3) is 10.9 Å². The molecule has 1 N–H and O–H groups in total. The Hall–Kier alpha value is -4.74. The van der Waals surface area contributed by atoms with Crippen molar-refractivity contribution in [1.29, 1.82) is 0 Å². The number of fused-ring (bicyclic) bond motifs is 1. The molecule has 0 bridgehead atoms. The van der Waals surface area contributed by atoms with Gasteiger partial charge in [-0.1, -0.05) is 30.3 Å². The Kier molecular flexibility index (Phi) is 6.19. The third kappa shape index (κ3) is 5.11. The molecule has 0 aliphatic rings. The van der Waals surface area contributed by atoms with Gasteiger partial charge in [-0.2, -0.15) is 18.3 Å². The van der Waals surface area contributed by atoms with Crippen molar-refractivity contribution in [2.75, 3.05) is 5.43 Å². The van der Waals surface area contributed by atoms with Crippen molar-refractivity contribution in [2.24, 2.45) is 5.10 Å². The minimum atomic E-state index is -4.71. The van der Waals surface area contributed by atoms with Gasteiger partial charge in [-0.3, -0.25) is 25.7 Å². The first-order chi connectivity index (χ1) is 16.6. The maximum atomic E-state index is 12.9. The zero-order chi connectivity index (χ0) is 25.2. The number of aromatic nitrogens is 1. The number of alkyl halides is 3. The number of anilines is 1. The monoisotopic (exact) mass is 483 g/mol. The van der Waals surface area contributed by atoms with Crippen LogP contribution in [0.3, 0.4) is 0 Å². The average molecular weight is 483 g/mol. The van der Waals surface area contributed by atoms with Gasteiger partial charge in [-0.15, -0.1) is 0 Å². The van der Waals surface area contributed by atoms with Crippen LogP contribution >= 0.6 is 0 Å². The lowest BCUT2D eigenvalue weighted by Gasteiger charge is -2.08. The minimum Gasteiger partial charge on any atom is -0.342 e. The maximum Gasteiger partial charge on any atom is 0.416 e. The van der Waals surface area contributed by atoms with Crippen molar-refractivity contribution in [3.63, 3.8) is 0 Å². The third-order valence-corrected chi connectivity index (χ3v) is 5.20. The Morgan fingerprint density at radius 3 is 2.46 bits per heavy atom. The van der Waals surface area contributed by atoms with Gasteiger partial charge in [0, 0.05) is 47.4 Å². The molecule has 0 radical (unpaired) electrons. The molecular formula is C23H16F3N5O4. The van der Waals surface area contributed by atoms with E-state index >= 15 is 0 Å². The van der Waals surface area contributed by atoms with E-state index in [2.05, 4.69) is 10.5 Å². The van der Waals surface area contributed by atoms with Crippen LogP contribution in [0.2, 0.25) is 0 Å². The summed E-state index contributed by atoms with van der Waals surface area (Å²) < 4.78 is 40.6. The van der Waals surface area contributed by atoms with Crippen LogP contribution in [0.4, 0.5) is 30.2 Å². The van der Waals surface area contributed by atoms with Gasteiger partial charge < -0.3 is 4.57 Å². The Bertz CT molecular complexity index is 1460. The number of halogens is 3. The molecule has 0 saturated carbocycles. The second-order valence-corrected chi connectivity index (χ2v) is 7.51. The maximum absolute atomic E-state index is 12.9. The van der Waals surface area contributed by atoms with Gasteiger partial charge in [-0.25, -0.2) is 0 Å². The quantitative estimate of drug-likeness (QED) is 0.198. The SMILES string of the molecule is O=[N+]([O-])c1cccc(Cn2cc(/C=N\Nc3ccc(C(F)(F)F)cc3[N+](=O)[O-])c3ccccc32)c1. The Labute approximate surface area is 195 Å². The standard InChI is InChI=1S/C23H16F3N5O4/c24-23(25,26)17-8-9-20(22(11-17)31(34)35)28-27-12-16-14-29(21-7-2-1-6-19(16)21)13-15-4-3-5-18(10-15)30(32)33/h1-12,14,28H,13H2/b27-12-. The summed E-state index contributed by atoms with van der Waals surface area (Å²) in [7, 11) is 0. The summed E-state index contributed by atoms with van der Waals surface area (Å²) >= 11 is 0. The fraction of sp³-hybridized carbons (Fsp3) is 0.0870. The fourth-order valence-corrected chi connectivity index (χ4v) is 3.60. The first kappa shape index (κ1) is 23.4. The van der Waals surface area contributed by atoms with Gasteiger partial charge in [-0.05, 0) is 23.8 Å². The van der Waals surface area contributed by atoms with Gasteiger partial charge in [0.05, 0.1) is 21.6 Å². The predicted octanol–water partition coefficient (Wildman–Crippen LogP) is 5.97. The normalized spacial score (nSPS) is 11.7. The van der Waals surface area contributed by atoms with E-state index in [4.69, 9.17) is 0 Å². The van der Waals surface area contributed by atoms with Crippen LogP contribution in [0.1, 0.15) is 16.7 Å². The van der Waals surface area contributed by atoms with E-state index in [0.29, 0.717) is 23.7 Å². The highest BCUT2D eigenvalue weighted by atomic mass is 19.4. The molecule has 12 heteroatoms. The molecule has 0 amide bonds. The molecule has 9 nitrogen and oxygen atoms in total. The molecule has 0 spiro atoms. The van der Waals surface area contributed by atoms with Crippen LogP contribution in [0.15, 0.2) is 78.0 Å². The number of hydrogen-bond donors (Lipinski definition) is 1. The Balaban J connectivity index is 1.62. The van der Waals surface area contributed by atoms with Gasteiger partial charge >= 0.3 is 6.18 Å². The molecule has 0 aliphatic heterocycles. The van der Waals surface area contributed by atoms with Crippen LogP contribution in [-0.4, -0.2) is 20.6 Å². The highest BCUT2D eigenvalue weighted by Crippen LogP contribution is 2.35. The summed E-state index contributed by atoms with van der Waals surface area (Å²) in [5, 5.41) is 27.1. The molecule has 4 aromatic rings. The second kappa shape index (κ2) is 9.25. The van der Waals surface area contributed by atoms with E-state index in [9.17, 15) is 33.4 Å². The summed E-state index contributed by atoms with van der Waals surface area (Å²) in [6.45, 7) is 0.341. The summed E-state index contributed by atoms with van der Waals surface area (Å²) in [5.41, 5.74) is 2.49. The van der Waals surface area contributed by atoms with Crippen molar-refractivity contribution >= 4 is 34.2 Å². The number of hydrazone groups is 1. The smallest absolute Gasteiger partial charge is 0.342 e. The Morgan fingerprint density at radius 1 is 0.971 bits per heavy atom. The Morgan fingerprint density at radius 2 is 1.74 bits per heavy atom. The van der Waals surface area contributed by atoms with Crippen LogP contribution in [-0.2, 0) is 12.7 Å². The van der Waals surface area contributed by atoms with E-state index in [0.717, 1.165) is 23.0 Å². The summed E-state index contributed by atoms with van der Waals surface area (Å²) in [4.78, 5) is 20.9. The van der Waals surface area contributed by atoms with Gasteiger partial charge in [0.1, 0.15) is 5.69 Å². The molecule has 1 heterocycles. The number of non-ortho nitro benzene ring substituents is 1. The molecule has 0 unspecified atom stereocenters. The van der Waals surface area contributed by atoms with Gasteiger partial charge in [0.25, 0.3) is 11.4 Å². The van der Waals surface area contributed by atoms with Crippen LogP contribution < -0.4 is 5.43 Å². The van der Waals surface area contributed by atoms with Crippen molar-refractivity contribution in [3.8, 4) is 0 Å². The van der Waals surface area contributed by atoms with E-state index in [-0.39, 0.29) is 11.4 Å². The number of nitrogens with one attached hydrogen (secondary N) is 1. The predicted molar refractivity (Wildman–Crippen MR) is 123 cm³/mol. The van der Waals surface area contributed by atoms with Gasteiger partial charge in [0.15, 0.2) is 0 Å². The summed E-state index contributed by atoms with van der Waals surface area (Å²) in [6.07, 6.45) is -1.56. The number of nitro benzene ring substituents is 2. The van der Waals surface area contributed by atoms with Gasteiger partial charge in [0.2, 0.25) is 0 Å². The lowest BCUT2D eigenvalue weighted by molar-refractivity contribution is -0.384. The second-order valence-electron chi connectivity index (χ2n) is 7.51. The van der Waals surface area contributed by atoms with Crippen molar-refractivity contribution < 1.29 is 23.0 Å². The number of nitro groups is 2. The third-order valence-electron chi connectivity index (χ3n) is 5.20. The highest BCUT2D eigenvalue weighted by molar-refractivity contribution is 5.99. The molecule has 0 aliphatic carbocycles. The number of benzene rings is 3. The van der Waals surface area contributed by atoms with E-state index < -0.39 is 27.3 Å². The molecule has 0 saturated heterocycles. The molecule has 4 rings (SSSR count). The molecular weight excluding hydrogens is 467 g/mol. The lowest BCUT2D eigenvalue weighted by Crippen LogP contribution is -2.06. The number of para-hydroxylation sites is 1. The average Bonchev–Trinajstić information content (AvgIpc) is 3.16. The fourth-order valence-electron chi connectivity index (χ4n) is 3.60. The molecule has 35 heavy (non-hydrogen) atoms. The topological polar surface area (TPSA) is 116 Å². The molecule has 1 aromatic heterocycles. The van der Waals surface area contributed by atoms with E-state index in [1.165, 1.54) is 18.3 Å². The zero-order valence-corrected chi connectivity index (χ0v) is 17.8. The van der Waals surface area contributed by atoms with Crippen molar-refractivity contribution in [3.05, 3.63) is 110 Å². The van der Waals surface area contributed by atoms with Crippen LogP contribution in [0.5, 0.6) is 0 Å². The van der Waals surface area contributed by atoms with E-state index in [1.807, 2.05) is 28.8 Å². The highest BCUT2D eigenvalue weighted by Gasteiger charge is 2.33. The zero-order valence-electron chi connectivity index (χ0n) is 17.8. The molecule has 3 aromatic carbocycles. The first-order valence-electron chi connectivity index (χ1n) is 10.1. The molecule has 178 valence electrons. The number of rotatable bonds is 7. The first-order valence-corrected chi connectivity index (χ1v) is 10.1. The number of hydrogen-bond acceptors (Lipinski definition) is 6. The summed E-state index contributed by atoms with van der Waals surface area (Å²) in [6, 6.07) is 15.7. The molecule has 0 atom stereocenters. The van der Waals surface area contributed by atoms with Crippen molar-refractivity contribution in [2.45, 2.75) is 12.7 Å². The molecule has 0 fully saturated rings. The minimum absolute atomic E-state index is 0.0249. The summed E-state index contributed by atoms with van der Waals surface area (Å²) in [5.74, 6) is 0. The van der Waals surface area contributed by atoms with Crippen molar-refractivity contribution in [1.82, 2.24) is 4.57 Å². The number of nitrogens with zero attached hydrogens (tertiary/aromatic N) is 4. The van der Waals surface area contributed by atoms with Crippen LogP contribution in [0, 0.1) is 20.2 Å². The largest absolute Gasteiger partial charge is 0.416 e.